The molecule has 2 aromatic rings. The molecule has 0 bridgehead atoms. The van der Waals surface area contributed by atoms with Crippen LogP contribution >= 0.6 is 11.3 Å². The van der Waals surface area contributed by atoms with Crippen molar-refractivity contribution in [2.75, 3.05) is 5.32 Å². The van der Waals surface area contributed by atoms with Gasteiger partial charge in [-0.1, -0.05) is 29.5 Å². The number of carbonyl (C=O) groups is 1. The van der Waals surface area contributed by atoms with Crippen LogP contribution in [0.1, 0.15) is 5.56 Å². The number of hydrogen-bond acceptors (Lipinski definition) is 6. The lowest BCUT2D eigenvalue weighted by atomic mass is 10.1. The third-order valence-electron chi connectivity index (χ3n) is 2.15. The summed E-state index contributed by atoms with van der Waals surface area (Å²) in [4.78, 5) is 21.9. The van der Waals surface area contributed by atoms with E-state index in [1.165, 1.54) is 22.9 Å². The van der Waals surface area contributed by atoms with E-state index in [1.807, 2.05) is 0 Å². The molecule has 92 valence electrons. The summed E-state index contributed by atoms with van der Waals surface area (Å²) in [6.45, 7) is 0. The molecule has 0 radical (unpaired) electrons. The van der Waals surface area contributed by atoms with Gasteiger partial charge in [-0.15, -0.1) is 10.2 Å². The number of aromatic nitrogens is 2. The highest BCUT2D eigenvalue weighted by molar-refractivity contribution is 7.13. The van der Waals surface area contributed by atoms with Gasteiger partial charge in [0.05, 0.1) is 11.3 Å². The Hall–Kier alpha value is -2.35. The Bertz CT molecular complexity index is 570. The molecule has 0 saturated heterocycles. The largest absolute Gasteiger partial charge is 0.300 e. The van der Waals surface area contributed by atoms with Crippen LogP contribution in [0.2, 0.25) is 0 Å². The lowest BCUT2D eigenvalue weighted by Gasteiger charge is -2.02. The lowest BCUT2D eigenvalue weighted by Crippen LogP contribution is -2.15. The molecule has 1 heterocycles. The van der Waals surface area contributed by atoms with Crippen molar-refractivity contribution < 1.29 is 9.72 Å². The summed E-state index contributed by atoms with van der Waals surface area (Å²) >= 11 is 1.18. The molecule has 0 unspecified atom stereocenters. The van der Waals surface area contributed by atoms with Crippen LogP contribution in [0.5, 0.6) is 0 Å². The minimum Gasteiger partial charge on any atom is -0.300 e. The molecule has 18 heavy (non-hydrogen) atoms. The molecule has 0 saturated carbocycles. The first kappa shape index (κ1) is 12.1. The van der Waals surface area contributed by atoms with Crippen molar-refractivity contribution in [1.82, 2.24) is 10.2 Å². The second kappa shape index (κ2) is 5.32. The van der Waals surface area contributed by atoms with Crippen molar-refractivity contribution in [3.8, 4) is 0 Å². The van der Waals surface area contributed by atoms with Gasteiger partial charge >= 0.3 is 0 Å². The Balaban J connectivity index is 2.09. The van der Waals surface area contributed by atoms with Gasteiger partial charge in [0.15, 0.2) is 0 Å². The molecule has 0 aliphatic rings. The quantitative estimate of drug-likeness (QED) is 0.668. The van der Waals surface area contributed by atoms with E-state index in [1.54, 1.807) is 18.2 Å². The number of rotatable bonds is 4. The van der Waals surface area contributed by atoms with Gasteiger partial charge in [-0.3, -0.25) is 14.9 Å². The maximum absolute atomic E-state index is 11.7. The van der Waals surface area contributed by atoms with Crippen LogP contribution in [0.25, 0.3) is 0 Å². The van der Waals surface area contributed by atoms with Crippen LogP contribution in [0.15, 0.2) is 29.8 Å². The highest BCUT2D eigenvalue weighted by Gasteiger charge is 2.15. The van der Waals surface area contributed by atoms with Crippen LogP contribution in [0.4, 0.5) is 10.8 Å². The number of nitro benzene ring substituents is 1. The number of anilines is 1. The fourth-order valence-electron chi connectivity index (χ4n) is 1.40. The van der Waals surface area contributed by atoms with Gasteiger partial charge in [0.1, 0.15) is 5.51 Å². The van der Waals surface area contributed by atoms with Crippen LogP contribution < -0.4 is 5.32 Å². The van der Waals surface area contributed by atoms with Crippen LogP contribution in [0, 0.1) is 10.1 Å². The number of nitrogens with zero attached hydrogens (tertiary/aromatic N) is 3. The zero-order valence-corrected chi connectivity index (χ0v) is 9.88. The molecule has 1 aromatic carbocycles. The summed E-state index contributed by atoms with van der Waals surface area (Å²) < 4.78 is 0. The average Bonchev–Trinajstić information content (AvgIpc) is 2.82. The predicted octanol–water partition coefficient (Wildman–Crippen LogP) is 1.63. The normalized spacial score (nSPS) is 10.0. The zero-order chi connectivity index (χ0) is 13.0. The molecule has 0 fully saturated rings. The van der Waals surface area contributed by atoms with Crippen molar-refractivity contribution >= 4 is 28.1 Å². The van der Waals surface area contributed by atoms with Gasteiger partial charge in [0.2, 0.25) is 11.0 Å². The van der Waals surface area contributed by atoms with E-state index < -0.39 is 4.92 Å². The molecule has 7 nitrogen and oxygen atoms in total. The van der Waals surface area contributed by atoms with Crippen molar-refractivity contribution in [3.05, 3.63) is 45.5 Å². The molecule has 0 aliphatic heterocycles. The molecule has 1 aromatic heterocycles. The number of carbonyl (C=O) groups excluding carboxylic acids is 1. The summed E-state index contributed by atoms with van der Waals surface area (Å²) in [5.41, 5.74) is 1.79. The summed E-state index contributed by atoms with van der Waals surface area (Å²) in [5, 5.41) is 20.9. The Kier molecular flexibility index (Phi) is 3.58. The predicted molar refractivity (Wildman–Crippen MR) is 65.3 cm³/mol. The number of nitrogens with one attached hydrogen (secondary N) is 1. The minimum atomic E-state index is -0.506. The summed E-state index contributed by atoms with van der Waals surface area (Å²) in [6.07, 6.45) is -0.0727. The highest BCUT2D eigenvalue weighted by Crippen LogP contribution is 2.18. The van der Waals surface area contributed by atoms with Crippen LogP contribution in [-0.2, 0) is 11.2 Å². The number of nitro groups is 1. The number of hydrogen-bond donors (Lipinski definition) is 1. The fourth-order valence-corrected chi connectivity index (χ4v) is 1.86. The van der Waals surface area contributed by atoms with E-state index in [-0.39, 0.29) is 18.0 Å². The first-order chi connectivity index (χ1) is 8.66. The third-order valence-corrected chi connectivity index (χ3v) is 2.75. The smallest absolute Gasteiger partial charge is 0.273 e. The monoisotopic (exact) mass is 264 g/mol. The first-order valence-corrected chi connectivity index (χ1v) is 5.83. The van der Waals surface area contributed by atoms with Gasteiger partial charge in [-0.05, 0) is 0 Å². The average molecular weight is 264 g/mol. The Morgan fingerprint density at radius 1 is 1.44 bits per heavy atom. The Morgan fingerprint density at radius 2 is 2.22 bits per heavy atom. The molecule has 0 aliphatic carbocycles. The standard InChI is InChI=1S/C10H8N4O3S/c15-9(12-10-13-11-6-18-10)5-7-3-1-2-4-8(7)14(16)17/h1-4,6H,5H2,(H,12,13,15). The zero-order valence-electron chi connectivity index (χ0n) is 9.07. The van der Waals surface area contributed by atoms with E-state index in [2.05, 4.69) is 15.5 Å². The maximum atomic E-state index is 11.7. The van der Waals surface area contributed by atoms with E-state index in [0.717, 1.165) is 0 Å². The Morgan fingerprint density at radius 3 is 2.89 bits per heavy atom. The molecule has 8 heteroatoms. The van der Waals surface area contributed by atoms with Gasteiger partial charge in [0, 0.05) is 11.6 Å². The fraction of sp³-hybridized carbons (Fsp3) is 0.100. The highest BCUT2D eigenvalue weighted by atomic mass is 32.1. The number of benzene rings is 1. The van der Waals surface area contributed by atoms with Crippen molar-refractivity contribution in [2.24, 2.45) is 0 Å². The first-order valence-electron chi connectivity index (χ1n) is 4.95. The molecule has 1 amide bonds. The van der Waals surface area contributed by atoms with Crippen LogP contribution in [-0.4, -0.2) is 21.0 Å². The summed E-state index contributed by atoms with van der Waals surface area (Å²) in [6, 6.07) is 6.14. The molecule has 1 N–H and O–H groups in total. The van der Waals surface area contributed by atoms with Crippen LogP contribution in [0.3, 0.4) is 0 Å². The SMILES string of the molecule is O=C(Cc1ccccc1[N+](=O)[O-])Nc1nncs1. The summed E-state index contributed by atoms with van der Waals surface area (Å²) in [5.74, 6) is -0.360. The summed E-state index contributed by atoms with van der Waals surface area (Å²) in [7, 11) is 0. The minimum absolute atomic E-state index is 0.0649. The van der Waals surface area contributed by atoms with Crippen molar-refractivity contribution in [2.45, 2.75) is 6.42 Å². The Labute approximate surface area is 106 Å². The second-order valence-corrected chi connectivity index (χ2v) is 4.19. The van der Waals surface area contributed by atoms with E-state index in [0.29, 0.717) is 10.7 Å². The van der Waals surface area contributed by atoms with Crippen molar-refractivity contribution in [1.29, 1.82) is 0 Å². The van der Waals surface area contributed by atoms with E-state index in [4.69, 9.17) is 0 Å². The molecule has 0 atom stereocenters. The third kappa shape index (κ3) is 2.86. The van der Waals surface area contributed by atoms with E-state index >= 15 is 0 Å². The van der Waals surface area contributed by atoms with Gasteiger partial charge in [0.25, 0.3) is 5.69 Å². The maximum Gasteiger partial charge on any atom is 0.273 e. The van der Waals surface area contributed by atoms with E-state index in [9.17, 15) is 14.9 Å². The van der Waals surface area contributed by atoms with Gasteiger partial charge in [-0.25, -0.2) is 0 Å². The topological polar surface area (TPSA) is 98.0 Å². The molecular weight excluding hydrogens is 256 g/mol. The molecule has 0 spiro atoms. The number of para-hydroxylation sites is 1. The molecule has 2 rings (SSSR count). The van der Waals surface area contributed by atoms with Gasteiger partial charge in [-0.2, -0.15) is 0 Å². The van der Waals surface area contributed by atoms with Crippen molar-refractivity contribution in [3.63, 3.8) is 0 Å². The lowest BCUT2D eigenvalue weighted by molar-refractivity contribution is -0.385. The van der Waals surface area contributed by atoms with Gasteiger partial charge < -0.3 is 5.32 Å². The molecular formula is C10H8N4O3S. The second-order valence-electron chi connectivity index (χ2n) is 3.35. The number of amides is 1.